The topological polar surface area (TPSA) is 93.5 Å². The van der Waals surface area contributed by atoms with Crippen LogP contribution in [0, 0.1) is 11.3 Å². The number of sulfonamides is 1. The molecule has 1 saturated carbocycles. The van der Waals surface area contributed by atoms with Gasteiger partial charge in [0.1, 0.15) is 5.54 Å². The number of amides is 1. The molecule has 0 radical (unpaired) electrons. The van der Waals surface area contributed by atoms with Gasteiger partial charge in [0, 0.05) is 26.2 Å². The van der Waals surface area contributed by atoms with E-state index in [0.29, 0.717) is 12.8 Å². The second-order valence-corrected chi connectivity index (χ2v) is 9.53. The van der Waals surface area contributed by atoms with Crippen LogP contribution < -0.4 is 5.32 Å². The van der Waals surface area contributed by atoms with Gasteiger partial charge in [-0.1, -0.05) is 12.1 Å². The van der Waals surface area contributed by atoms with Crippen molar-refractivity contribution in [3.8, 4) is 6.07 Å². The van der Waals surface area contributed by atoms with E-state index in [1.807, 2.05) is 0 Å². The molecule has 30 heavy (non-hydrogen) atoms. The normalized spacial score (nSPS) is 20.6. The summed E-state index contributed by atoms with van der Waals surface area (Å²) in [6, 6.07) is 6.30. The monoisotopic (exact) mass is 444 g/mol. The van der Waals surface area contributed by atoms with Crippen LogP contribution in [0.4, 0.5) is 13.2 Å². The Morgan fingerprint density at radius 2 is 1.73 bits per heavy atom. The molecule has 2 aliphatic rings. The van der Waals surface area contributed by atoms with E-state index in [4.69, 9.17) is 0 Å². The van der Waals surface area contributed by atoms with Crippen LogP contribution in [0.15, 0.2) is 29.2 Å². The second-order valence-electron chi connectivity index (χ2n) is 7.62. The molecule has 1 amide bonds. The van der Waals surface area contributed by atoms with Gasteiger partial charge in [-0.25, -0.2) is 8.42 Å². The van der Waals surface area contributed by atoms with Gasteiger partial charge >= 0.3 is 6.18 Å². The highest BCUT2D eigenvalue weighted by Crippen LogP contribution is 2.35. The highest BCUT2D eigenvalue weighted by Gasteiger charge is 2.40. The average molecular weight is 444 g/mol. The number of alkyl halides is 3. The first-order chi connectivity index (χ1) is 14.1. The predicted octanol–water partition coefficient (Wildman–Crippen LogP) is 1.96. The van der Waals surface area contributed by atoms with Gasteiger partial charge in [-0.3, -0.25) is 9.69 Å². The molecule has 0 bridgehead atoms. The standard InChI is InChI=1S/C19H23F3N4O3S/c20-19(21,22)15-5-1-2-6-16(15)30(28,29)26-11-9-25(10-12-26)13-17(27)24-18(14-23)7-3-4-8-18/h1-2,5-6H,3-4,7-13H2,(H,24,27). The zero-order valence-electron chi connectivity index (χ0n) is 16.3. The van der Waals surface area contributed by atoms with Crippen LogP contribution >= 0.6 is 0 Å². The summed E-state index contributed by atoms with van der Waals surface area (Å²) in [5, 5.41) is 12.1. The number of rotatable bonds is 5. The Labute approximate surface area is 173 Å². The number of nitriles is 1. The molecule has 3 rings (SSSR count). The minimum atomic E-state index is -4.78. The Hall–Kier alpha value is -2.16. The molecule has 1 N–H and O–H groups in total. The van der Waals surface area contributed by atoms with Gasteiger partial charge in [-0.15, -0.1) is 0 Å². The molecule has 0 aromatic heterocycles. The van der Waals surface area contributed by atoms with Crippen LogP contribution in [-0.4, -0.2) is 61.8 Å². The number of carbonyl (C=O) groups excluding carboxylic acids is 1. The summed E-state index contributed by atoms with van der Waals surface area (Å²) in [6.07, 6.45) is -1.80. The summed E-state index contributed by atoms with van der Waals surface area (Å²) in [7, 11) is -4.32. The largest absolute Gasteiger partial charge is 0.417 e. The van der Waals surface area contributed by atoms with Crippen LogP contribution in [0.2, 0.25) is 0 Å². The molecule has 1 aromatic carbocycles. The van der Waals surface area contributed by atoms with E-state index in [1.54, 1.807) is 4.90 Å². The van der Waals surface area contributed by atoms with E-state index < -0.39 is 32.2 Å². The summed E-state index contributed by atoms with van der Waals surface area (Å²) in [4.78, 5) is 13.3. The van der Waals surface area contributed by atoms with Crippen molar-refractivity contribution < 1.29 is 26.4 Å². The number of carbonyl (C=O) groups is 1. The smallest absolute Gasteiger partial charge is 0.337 e. The van der Waals surface area contributed by atoms with Crippen molar-refractivity contribution in [2.45, 2.75) is 42.3 Å². The Kier molecular flexibility index (Phi) is 6.40. The van der Waals surface area contributed by atoms with Crippen LogP contribution in [0.25, 0.3) is 0 Å². The average Bonchev–Trinajstić information content (AvgIpc) is 3.16. The Bertz CT molecular complexity index is 929. The molecule has 0 unspecified atom stereocenters. The zero-order chi connectivity index (χ0) is 22.0. The SMILES string of the molecule is N#CC1(NC(=O)CN2CCN(S(=O)(=O)c3ccccc3C(F)(F)F)CC2)CCCC1. The molecule has 2 fully saturated rings. The van der Waals surface area contributed by atoms with Crippen LogP contribution in [0.5, 0.6) is 0 Å². The molecular weight excluding hydrogens is 421 g/mol. The quantitative estimate of drug-likeness (QED) is 0.750. The van der Waals surface area contributed by atoms with E-state index in [9.17, 15) is 31.6 Å². The number of piperazine rings is 1. The first-order valence-corrected chi connectivity index (χ1v) is 11.1. The summed E-state index contributed by atoms with van der Waals surface area (Å²) in [6.45, 7) is 0.383. The molecule has 1 heterocycles. The summed E-state index contributed by atoms with van der Waals surface area (Å²) in [5.41, 5.74) is -2.02. The zero-order valence-corrected chi connectivity index (χ0v) is 17.1. The van der Waals surface area contributed by atoms with Crippen molar-refractivity contribution in [2.24, 2.45) is 0 Å². The third kappa shape index (κ3) is 4.77. The molecule has 1 aliphatic carbocycles. The van der Waals surface area contributed by atoms with Crippen molar-refractivity contribution in [2.75, 3.05) is 32.7 Å². The summed E-state index contributed by atoms with van der Waals surface area (Å²) < 4.78 is 66.2. The lowest BCUT2D eigenvalue weighted by molar-refractivity contribution is -0.140. The maximum Gasteiger partial charge on any atom is 0.417 e. The Morgan fingerprint density at radius 3 is 2.30 bits per heavy atom. The lowest BCUT2D eigenvalue weighted by atomic mass is 10.00. The number of nitrogens with one attached hydrogen (secondary N) is 1. The fraction of sp³-hybridized carbons (Fsp3) is 0.579. The van der Waals surface area contributed by atoms with Crippen molar-refractivity contribution in [1.29, 1.82) is 5.26 Å². The molecule has 0 spiro atoms. The fourth-order valence-electron chi connectivity index (χ4n) is 3.95. The second kappa shape index (κ2) is 8.53. The van der Waals surface area contributed by atoms with E-state index in [0.717, 1.165) is 35.3 Å². The lowest BCUT2D eigenvalue weighted by Crippen LogP contribution is -2.53. The third-order valence-corrected chi connectivity index (χ3v) is 7.52. The van der Waals surface area contributed by atoms with Crippen LogP contribution in [0.3, 0.4) is 0 Å². The van der Waals surface area contributed by atoms with Crippen molar-refractivity contribution in [1.82, 2.24) is 14.5 Å². The predicted molar refractivity (Wildman–Crippen MR) is 102 cm³/mol. The summed E-state index contributed by atoms with van der Waals surface area (Å²) >= 11 is 0. The Morgan fingerprint density at radius 1 is 1.13 bits per heavy atom. The van der Waals surface area contributed by atoms with Gasteiger partial charge in [0.25, 0.3) is 0 Å². The molecule has 11 heteroatoms. The van der Waals surface area contributed by atoms with Crippen LogP contribution in [0.1, 0.15) is 31.2 Å². The Balaban J connectivity index is 1.62. The van der Waals surface area contributed by atoms with Gasteiger partial charge in [0.05, 0.1) is 23.1 Å². The summed E-state index contributed by atoms with van der Waals surface area (Å²) in [5.74, 6) is -0.308. The van der Waals surface area contributed by atoms with Gasteiger partial charge in [-0.05, 0) is 37.8 Å². The maximum atomic E-state index is 13.2. The van der Waals surface area contributed by atoms with Crippen LogP contribution in [-0.2, 0) is 21.0 Å². The highest BCUT2D eigenvalue weighted by atomic mass is 32.2. The molecule has 1 saturated heterocycles. The van der Waals surface area contributed by atoms with E-state index in [-0.39, 0.29) is 38.6 Å². The number of hydrogen-bond donors (Lipinski definition) is 1. The first kappa shape index (κ1) is 22.5. The number of nitrogens with zero attached hydrogens (tertiary/aromatic N) is 3. The highest BCUT2D eigenvalue weighted by molar-refractivity contribution is 7.89. The molecule has 1 aliphatic heterocycles. The fourth-order valence-corrected chi connectivity index (χ4v) is 5.58. The maximum absolute atomic E-state index is 13.2. The molecule has 0 atom stereocenters. The lowest BCUT2D eigenvalue weighted by Gasteiger charge is -2.34. The minimum absolute atomic E-state index is 0.0104. The van der Waals surface area contributed by atoms with E-state index in [2.05, 4.69) is 11.4 Å². The van der Waals surface area contributed by atoms with Crippen molar-refractivity contribution in [3.63, 3.8) is 0 Å². The molecule has 1 aromatic rings. The van der Waals surface area contributed by atoms with Gasteiger partial charge in [0.2, 0.25) is 15.9 Å². The molecular formula is C19H23F3N4O3S. The van der Waals surface area contributed by atoms with Gasteiger partial charge < -0.3 is 5.32 Å². The van der Waals surface area contributed by atoms with Crippen molar-refractivity contribution >= 4 is 15.9 Å². The first-order valence-electron chi connectivity index (χ1n) is 9.68. The van der Waals surface area contributed by atoms with E-state index >= 15 is 0 Å². The van der Waals surface area contributed by atoms with Gasteiger partial charge in [0.15, 0.2) is 0 Å². The number of halogens is 3. The van der Waals surface area contributed by atoms with Crippen molar-refractivity contribution in [3.05, 3.63) is 29.8 Å². The molecule has 7 nitrogen and oxygen atoms in total. The minimum Gasteiger partial charge on any atom is -0.337 e. The number of hydrogen-bond acceptors (Lipinski definition) is 5. The van der Waals surface area contributed by atoms with E-state index in [1.165, 1.54) is 6.07 Å². The molecule has 164 valence electrons. The third-order valence-electron chi connectivity index (χ3n) is 5.56. The number of benzene rings is 1. The van der Waals surface area contributed by atoms with Gasteiger partial charge in [-0.2, -0.15) is 22.7 Å².